The Morgan fingerprint density at radius 3 is 2.69 bits per heavy atom. The molecule has 2 aromatic carbocycles. The SMILES string of the molecule is CCNC(=NCCCCn1ccnc1C)NC(C)c1cccc2ccccc12.I. The molecule has 3 aromatic rings. The number of hydrogen-bond donors (Lipinski definition) is 2. The first-order valence-electron chi connectivity index (χ1n) is 10.2. The molecule has 2 N–H and O–H groups in total. The standard InChI is InChI=1S/C23H31N5.HI/c1-4-24-23(26-14-7-8-16-28-17-15-25-19(28)3)27-18(2)21-13-9-11-20-10-5-6-12-22(20)21;/h5-6,9-13,15,17-18H,4,7-8,14,16H2,1-3H3,(H2,24,26,27);1H. The molecule has 0 spiro atoms. The van der Waals surface area contributed by atoms with Crippen LogP contribution in [0, 0.1) is 6.92 Å². The number of nitrogens with one attached hydrogen (secondary N) is 2. The summed E-state index contributed by atoms with van der Waals surface area (Å²) in [5.74, 6) is 1.95. The van der Waals surface area contributed by atoms with Gasteiger partial charge in [0.15, 0.2) is 5.96 Å². The molecule has 0 saturated heterocycles. The molecule has 29 heavy (non-hydrogen) atoms. The Bertz CT molecular complexity index is 913. The van der Waals surface area contributed by atoms with Gasteiger partial charge >= 0.3 is 0 Å². The van der Waals surface area contributed by atoms with Crippen LogP contribution in [-0.2, 0) is 6.54 Å². The van der Waals surface area contributed by atoms with E-state index in [-0.39, 0.29) is 30.0 Å². The van der Waals surface area contributed by atoms with Crippen molar-refractivity contribution in [2.24, 2.45) is 4.99 Å². The van der Waals surface area contributed by atoms with Gasteiger partial charge in [-0.1, -0.05) is 42.5 Å². The van der Waals surface area contributed by atoms with E-state index in [1.165, 1.54) is 16.3 Å². The fraction of sp³-hybridized carbons (Fsp3) is 0.391. The Morgan fingerprint density at radius 1 is 1.14 bits per heavy atom. The third-order valence-corrected chi connectivity index (χ3v) is 4.99. The summed E-state index contributed by atoms with van der Waals surface area (Å²) >= 11 is 0. The average Bonchev–Trinajstić information content (AvgIpc) is 3.12. The number of benzene rings is 2. The zero-order valence-electron chi connectivity index (χ0n) is 17.6. The molecule has 0 aliphatic rings. The molecular weight excluding hydrogens is 473 g/mol. The Hall–Kier alpha value is -2.09. The van der Waals surface area contributed by atoms with Crippen LogP contribution in [0.25, 0.3) is 10.8 Å². The Kier molecular flexibility index (Phi) is 9.44. The molecule has 1 heterocycles. The second-order valence-corrected chi connectivity index (χ2v) is 7.07. The van der Waals surface area contributed by atoms with E-state index < -0.39 is 0 Å². The predicted octanol–water partition coefficient (Wildman–Crippen LogP) is 5.06. The minimum absolute atomic E-state index is 0. The van der Waals surface area contributed by atoms with Crippen molar-refractivity contribution < 1.29 is 0 Å². The van der Waals surface area contributed by atoms with Crippen LogP contribution in [0.3, 0.4) is 0 Å². The van der Waals surface area contributed by atoms with E-state index in [0.29, 0.717) is 0 Å². The second kappa shape index (κ2) is 11.8. The molecule has 156 valence electrons. The maximum absolute atomic E-state index is 4.77. The van der Waals surface area contributed by atoms with Crippen LogP contribution in [-0.4, -0.2) is 28.6 Å². The zero-order valence-corrected chi connectivity index (χ0v) is 19.9. The van der Waals surface area contributed by atoms with Crippen LogP contribution in [0.4, 0.5) is 0 Å². The largest absolute Gasteiger partial charge is 0.357 e. The monoisotopic (exact) mass is 505 g/mol. The van der Waals surface area contributed by atoms with E-state index in [1.54, 1.807) is 0 Å². The van der Waals surface area contributed by atoms with Crippen molar-refractivity contribution in [3.63, 3.8) is 0 Å². The van der Waals surface area contributed by atoms with Gasteiger partial charge in [-0.2, -0.15) is 0 Å². The van der Waals surface area contributed by atoms with Crippen LogP contribution in [0.1, 0.15) is 44.1 Å². The van der Waals surface area contributed by atoms with Crippen molar-refractivity contribution in [1.29, 1.82) is 0 Å². The van der Waals surface area contributed by atoms with Crippen molar-refractivity contribution in [1.82, 2.24) is 20.2 Å². The van der Waals surface area contributed by atoms with Crippen LogP contribution >= 0.6 is 24.0 Å². The number of guanidine groups is 1. The maximum Gasteiger partial charge on any atom is 0.191 e. The van der Waals surface area contributed by atoms with Crippen LogP contribution in [0.5, 0.6) is 0 Å². The molecule has 0 aliphatic carbocycles. The highest BCUT2D eigenvalue weighted by atomic mass is 127. The fourth-order valence-electron chi connectivity index (χ4n) is 3.46. The first-order valence-corrected chi connectivity index (χ1v) is 10.2. The lowest BCUT2D eigenvalue weighted by Crippen LogP contribution is -2.38. The van der Waals surface area contributed by atoms with Crippen molar-refractivity contribution in [2.75, 3.05) is 13.1 Å². The van der Waals surface area contributed by atoms with E-state index in [1.807, 2.05) is 19.3 Å². The van der Waals surface area contributed by atoms with E-state index in [9.17, 15) is 0 Å². The van der Waals surface area contributed by atoms with E-state index >= 15 is 0 Å². The number of fused-ring (bicyclic) bond motifs is 1. The predicted molar refractivity (Wildman–Crippen MR) is 133 cm³/mol. The quantitative estimate of drug-likeness (QED) is 0.195. The summed E-state index contributed by atoms with van der Waals surface area (Å²) in [5.41, 5.74) is 1.29. The summed E-state index contributed by atoms with van der Waals surface area (Å²) in [6, 6.07) is 15.2. The van der Waals surface area contributed by atoms with E-state index in [2.05, 4.69) is 76.5 Å². The number of imidazole rings is 1. The summed E-state index contributed by atoms with van der Waals surface area (Å²) in [6.07, 6.45) is 6.04. The number of halogens is 1. The molecule has 5 nitrogen and oxygen atoms in total. The summed E-state index contributed by atoms with van der Waals surface area (Å²) in [5, 5.41) is 9.49. The number of nitrogens with zero attached hydrogens (tertiary/aromatic N) is 3. The van der Waals surface area contributed by atoms with Gasteiger partial charge in [-0.3, -0.25) is 4.99 Å². The lowest BCUT2D eigenvalue weighted by atomic mass is 10.00. The summed E-state index contributed by atoms with van der Waals surface area (Å²) in [7, 11) is 0. The molecule has 0 saturated carbocycles. The molecule has 1 aromatic heterocycles. The van der Waals surface area contributed by atoms with Gasteiger partial charge in [0.2, 0.25) is 0 Å². The topological polar surface area (TPSA) is 54.2 Å². The van der Waals surface area contributed by atoms with E-state index in [4.69, 9.17) is 4.99 Å². The van der Waals surface area contributed by atoms with Gasteiger partial charge in [-0.25, -0.2) is 4.98 Å². The molecule has 0 amide bonds. The lowest BCUT2D eigenvalue weighted by molar-refractivity contribution is 0.599. The van der Waals surface area contributed by atoms with Crippen molar-refractivity contribution in [2.45, 2.75) is 46.2 Å². The van der Waals surface area contributed by atoms with Gasteiger partial charge < -0.3 is 15.2 Å². The molecule has 0 bridgehead atoms. The van der Waals surface area contributed by atoms with Crippen molar-refractivity contribution in [3.8, 4) is 0 Å². The average molecular weight is 505 g/mol. The molecule has 0 radical (unpaired) electrons. The second-order valence-electron chi connectivity index (χ2n) is 7.07. The third-order valence-electron chi connectivity index (χ3n) is 4.99. The van der Waals surface area contributed by atoms with Crippen LogP contribution in [0.2, 0.25) is 0 Å². The maximum atomic E-state index is 4.77. The molecule has 3 rings (SSSR count). The fourth-order valence-corrected chi connectivity index (χ4v) is 3.46. The molecule has 0 fully saturated rings. The highest BCUT2D eigenvalue weighted by Crippen LogP contribution is 2.23. The first kappa shape index (κ1) is 23.2. The Labute approximate surface area is 191 Å². The molecule has 1 atom stereocenters. The van der Waals surface area contributed by atoms with Gasteiger partial charge in [-0.15, -0.1) is 24.0 Å². The zero-order chi connectivity index (χ0) is 19.8. The third kappa shape index (κ3) is 6.45. The molecule has 1 unspecified atom stereocenters. The summed E-state index contributed by atoms with van der Waals surface area (Å²) in [4.78, 5) is 9.04. The number of hydrogen-bond acceptors (Lipinski definition) is 2. The Morgan fingerprint density at radius 2 is 1.93 bits per heavy atom. The number of unbranched alkanes of at least 4 members (excludes halogenated alkanes) is 1. The van der Waals surface area contributed by atoms with Crippen molar-refractivity contribution in [3.05, 3.63) is 66.2 Å². The van der Waals surface area contributed by atoms with Gasteiger partial charge in [0.1, 0.15) is 5.82 Å². The van der Waals surface area contributed by atoms with E-state index in [0.717, 1.165) is 44.3 Å². The minimum Gasteiger partial charge on any atom is -0.357 e. The Balaban J connectivity index is 0.00000300. The van der Waals surface area contributed by atoms with Crippen molar-refractivity contribution >= 4 is 40.7 Å². The van der Waals surface area contributed by atoms with Gasteiger partial charge in [0.25, 0.3) is 0 Å². The smallest absolute Gasteiger partial charge is 0.191 e. The van der Waals surface area contributed by atoms with Gasteiger partial charge in [0, 0.05) is 32.0 Å². The first-order chi connectivity index (χ1) is 13.7. The van der Waals surface area contributed by atoms with Crippen LogP contribution in [0.15, 0.2) is 59.9 Å². The van der Waals surface area contributed by atoms with Gasteiger partial charge in [-0.05, 0) is 49.9 Å². The highest BCUT2D eigenvalue weighted by Gasteiger charge is 2.10. The number of aryl methyl sites for hydroxylation is 2. The summed E-state index contributed by atoms with van der Waals surface area (Å²) in [6.45, 7) is 8.99. The number of aromatic nitrogens is 2. The molecule has 6 heteroatoms. The highest BCUT2D eigenvalue weighted by molar-refractivity contribution is 14.0. The lowest BCUT2D eigenvalue weighted by Gasteiger charge is -2.20. The number of aliphatic imine (C=N–C) groups is 1. The van der Waals surface area contributed by atoms with Crippen LogP contribution < -0.4 is 10.6 Å². The number of rotatable bonds is 8. The molecule has 0 aliphatic heterocycles. The normalized spacial score (nSPS) is 12.4. The molecular formula is C23H32IN5. The summed E-state index contributed by atoms with van der Waals surface area (Å²) < 4.78 is 2.19. The van der Waals surface area contributed by atoms with Gasteiger partial charge in [0.05, 0.1) is 6.04 Å². The minimum atomic E-state index is 0.